The molecule has 0 spiro atoms. The van der Waals surface area contributed by atoms with Crippen molar-refractivity contribution in [3.8, 4) is 11.5 Å². The average Bonchev–Trinajstić information content (AvgIpc) is 2.77. The van der Waals surface area contributed by atoms with Gasteiger partial charge in [-0.15, -0.1) is 0 Å². The van der Waals surface area contributed by atoms with E-state index in [0.717, 1.165) is 28.0 Å². The molecular weight excluding hydrogens is 406 g/mol. The Morgan fingerprint density at radius 3 is 2.29 bits per heavy atom. The molecule has 2 aliphatic rings. The Balaban J connectivity index is 0.00000272. The van der Waals surface area contributed by atoms with Crippen LogP contribution in [-0.4, -0.2) is 29.5 Å². The highest BCUT2D eigenvalue weighted by molar-refractivity contribution is 6.02. The largest absolute Gasteiger partial charge is 1.00 e. The first-order valence-corrected chi connectivity index (χ1v) is 9.87. The van der Waals surface area contributed by atoms with E-state index < -0.39 is 0 Å². The van der Waals surface area contributed by atoms with E-state index in [-0.39, 0.29) is 18.2 Å². The Kier molecular flexibility index (Phi) is 7.11. The predicted molar refractivity (Wildman–Crippen MR) is 124 cm³/mol. The van der Waals surface area contributed by atoms with Gasteiger partial charge in [0, 0.05) is 29.3 Å². The highest BCUT2D eigenvalue weighted by Gasteiger charge is 2.18. The molecule has 2 aromatic rings. The second kappa shape index (κ2) is 9.96. The zero-order valence-corrected chi connectivity index (χ0v) is 18.3. The lowest BCUT2D eigenvalue weighted by Gasteiger charge is -2.20. The molecule has 0 saturated heterocycles. The van der Waals surface area contributed by atoms with Gasteiger partial charge >= 0.3 is 0 Å². The first-order chi connectivity index (χ1) is 14.6. The number of fused-ring (bicyclic) bond motifs is 1. The van der Waals surface area contributed by atoms with Crippen molar-refractivity contribution in [1.82, 2.24) is 0 Å². The SMILES string of the molecule is C[N+](C)=C1C=CC(=CC=CC=C2C=C(c3ccccc3)Oc3cc(O)ccc32)C=C1.[Cl-]. The van der Waals surface area contributed by atoms with E-state index in [2.05, 4.69) is 41.0 Å². The third kappa shape index (κ3) is 5.33. The summed E-state index contributed by atoms with van der Waals surface area (Å²) in [4.78, 5) is 0. The third-order valence-corrected chi connectivity index (χ3v) is 4.93. The number of hydrogen-bond donors (Lipinski definition) is 1. The maximum absolute atomic E-state index is 9.88. The van der Waals surface area contributed by atoms with Gasteiger partial charge in [0.05, 0.1) is 0 Å². The molecule has 31 heavy (non-hydrogen) atoms. The van der Waals surface area contributed by atoms with Crippen molar-refractivity contribution >= 4 is 17.0 Å². The summed E-state index contributed by atoms with van der Waals surface area (Å²) < 4.78 is 8.14. The van der Waals surface area contributed by atoms with E-state index in [4.69, 9.17) is 4.74 Å². The van der Waals surface area contributed by atoms with Crippen LogP contribution in [0.2, 0.25) is 0 Å². The molecule has 0 amide bonds. The van der Waals surface area contributed by atoms with Crippen LogP contribution in [0.4, 0.5) is 0 Å². The number of benzene rings is 2. The number of rotatable bonds is 3. The molecule has 0 bridgehead atoms. The summed E-state index contributed by atoms with van der Waals surface area (Å²) in [6, 6.07) is 15.2. The van der Waals surface area contributed by atoms with Gasteiger partial charge in [0.1, 0.15) is 31.4 Å². The van der Waals surface area contributed by atoms with Gasteiger partial charge in [-0.1, -0.05) is 54.6 Å². The molecule has 3 nitrogen and oxygen atoms in total. The summed E-state index contributed by atoms with van der Waals surface area (Å²) in [5.74, 6) is 1.60. The van der Waals surface area contributed by atoms with Crippen LogP contribution in [0.3, 0.4) is 0 Å². The van der Waals surface area contributed by atoms with E-state index >= 15 is 0 Å². The van der Waals surface area contributed by atoms with Crippen molar-refractivity contribution in [3.63, 3.8) is 0 Å². The normalized spacial score (nSPS) is 15.9. The van der Waals surface area contributed by atoms with Crippen molar-refractivity contribution in [2.45, 2.75) is 0 Å². The Hall–Kier alpha value is -3.56. The number of allylic oxidation sites excluding steroid dienone is 11. The van der Waals surface area contributed by atoms with Crippen LogP contribution in [-0.2, 0) is 0 Å². The molecule has 1 heterocycles. The van der Waals surface area contributed by atoms with E-state index in [1.54, 1.807) is 12.1 Å². The van der Waals surface area contributed by atoms with Crippen LogP contribution in [0.5, 0.6) is 11.5 Å². The molecule has 1 aliphatic heterocycles. The lowest BCUT2D eigenvalue weighted by atomic mass is 9.99. The lowest BCUT2D eigenvalue weighted by molar-refractivity contribution is -0.462. The van der Waals surface area contributed by atoms with Crippen LogP contribution < -0.4 is 17.1 Å². The molecule has 0 aromatic heterocycles. The fourth-order valence-corrected chi connectivity index (χ4v) is 3.29. The van der Waals surface area contributed by atoms with Crippen LogP contribution in [0.1, 0.15) is 11.1 Å². The predicted octanol–water partition coefficient (Wildman–Crippen LogP) is 2.53. The molecule has 156 valence electrons. The van der Waals surface area contributed by atoms with Crippen molar-refractivity contribution in [2.24, 2.45) is 0 Å². The molecule has 0 fully saturated rings. The molecule has 0 unspecified atom stereocenters. The van der Waals surface area contributed by atoms with E-state index in [0.29, 0.717) is 5.75 Å². The topological polar surface area (TPSA) is 32.5 Å². The maximum Gasteiger partial charge on any atom is 0.199 e. The van der Waals surface area contributed by atoms with Gasteiger partial charge in [-0.2, -0.15) is 0 Å². The van der Waals surface area contributed by atoms with Gasteiger partial charge in [-0.3, -0.25) is 0 Å². The Morgan fingerprint density at radius 2 is 1.58 bits per heavy atom. The molecule has 0 radical (unpaired) electrons. The Bertz CT molecular complexity index is 1160. The van der Waals surface area contributed by atoms with Crippen LogP contribution in [0.15, 0.2) is 109 Å². The fraction of sp³-hybridized carbons (Fsp3) is 0.0741. The summed E-state index contributed by atoms with van der Waals surface area (Å²) in [6.45, 7) is 0. The van der Waals surface area contributed by atoms with Gasteiger partial charge in [0.2, 0.25) is 0 Å². The summed E-state index contributed by atoms with van der Waals surface area (Å²) in [5, 5.41) is 9.88. The van der Waals surface area contributed by atoms with Crippen LogP contribution >= 0.6 is 0 Å². The van der Waals surface area contributed by atoms with Gasteiger partial charge in [0.15, 0.2) is 5.71 Å². The summed E-state index contributed by atoms with van der Waals surface area (Å²) >= 11 is 0. The molecule has 0 atom stereocenters. The highest BCUT2D eigenvalue weighted by Crippen LogP contribution is 2.38. The zero-order valence-electron chi connectivity index (χ0n) is 17.5. The molecule has 0 saturated carbocycles. The average molecular weight is 430 g/mol. The molecule has 2 aromatic carbocycles. The fourth-order valence-electron chi connectivity index (χ4n) is 3.29. The second-order valence-corrected chi connectivity index (χ2v) is 7.32. The minimum atomic E-state index is 0. The van der Waals surface area contributed by atoms with Crippen molar-refractivity contribution in [1.29, 1.82) is 0 Å². The second-order valence-electron chi connectivity index (χ2n) is 7.32. The molecule has 1 aliphatic carbocycles. The molecule has 1 N–H and O–H groups in total. The van der Waals surface area contributed by atoms with E-state index in [9.17, 15) is 5.11 Å². The third-order valence-electron chi connectivity index (χ3n) is 4.93. The Labute approximate surface area is 189 Å². The zero-order chi connectivity index (χ0) is 20.9. The molecular formula is C27H24ClNO2. The van der Waals surface area contributed by atoms with E-state index in [1.165, 1.54) is 5.71 Å². The number of halogens is 1. The summed E-state index contributed by atoms with van der Waals surface area (Å²) in [7, 11) is 4.07. The first-order valence-electron chi connectivity index (χ1n) is 9.87. The van der Waals surface area contributed by atoms with Crippen molar-refractivity contribution in [2.75, 3.05) is 14.1 Å². The van der Waals surface area contributed by atoms with Gasteiger partial charge in [0.25, 0.3) is 0 Å². The lowest BCUT2D eigenvalue weighted by Crippen LogP contribution is -3.00. The van der Waals surface area contributed by atoms with E-state index in [1.807, 2.05) is 68.7 Å². The number of ether oxygens (including phenoxy) is 1. The number of nitrogens with zero attached hydrogens (tertiary/aromatic N) is 1. The van der Waals surface area contributed by atoms with Gasteiger partial charge < -0.3 is 22.3 Å². The standard InChI is InChI=1S/C27H23NO2.ClH/c1-28(2)23-14-12-20(13-15-23)8-6-7-11-22-18-26(21-9-4-3-5-10-21)30-27-19-24(29)16-17-25(22)27;/h3-19H,1-2H3;1H. The number of phenols is 1. The highest BCUT2D eigenvalue weighted by atomic mass is 35.5. The van der Waals surface area contributed by atoms with Crippen LogP contribution in [0.25, 0.3) is 11.3 Å². The van der Waals surface area contributed by atoms with Gasteiger partial charge in [-0.25, -0.2) is 4.58 Å². The van der Waals surface area contributed by atoms with Gasteiger partial charge in [-0.05, 0) is 41.5 Å². The van der Waals surface area contributed by atoms with Crippen molar-refractivity contribution < 1.29 is 26.8 Å². The minimum Gasteiger partial charge on any atom is -1.00 e. The maximum atomic E-state index is 9.88. The number of phenolic OH excluding ortho intramolecular Hbond substituents is 1. The first kappa shape index (κ1) is 22.1. The Morgan fingerprint density at radius 1 is 0.871 bits per heavy atom. The minimum absolute atomic E-state index is 0. The summed E-state index contributed by atoms with van der Waals surface area (Å²) in [5.41, 5.74) is 5.30. The smallest absolute Gasteiger partial charge is 0.199 e. The quantitative estimate of drug-likeness (QED) is 0.760. The molecule has 4 heteroatoms. The summed E-state index contributed by atoms with van der Waals surface area (Å²) in [6.07, 6.45) is 18.6. The number of hydrogen-bond acceptors (Lipinski definition) is 2. The molecule has 4 rings (SSSR count). The van der Waals surface area contributed by atoms with Crippen LogP contribution in [0, 0.1) is 0 Å². The number of aromatic hydroxyl groups is 1. The van der Waals surface area contributed by atoms with Crippen molar-refractivity contribution in [3.05, 3.63) is 120 Å². The monoisotopic (exact) mass is 429 g/mol.